The van der Waals surface area contributed by atoms with E-state index in [-0.39, 0.29) is 4.70 Å². The van der Waals surface area contributed by atoms with Gasteiger partial charge < -0.3 is 10.0 Å². The number of hydrogen-bond donors (Lipinski definition) is 2. The van der Waals surface area contributed by atoms with E-state index in [1.54, 1.807) is 30.4 Å². The third kappa shape index (κ3) is 4.63. The fourth-order valence-corrected chi connectivity index (χ4v) is 2.32. The van der Waals surface area contributed by atoms with Crippen molar-refractivity contribution in [1.82, 2.24) is 8.87 Å². The Bertz CT molecular complexity index is 523. The average Bonchev–Trinajstić information content (AvgIpc) is 2.69. The fourth-order valence-electron chi connectivity index (χ4n) is 1.76. The molecule has 0 amide bonds. The molecule has 0 spiro atoms. The Balaban J connectivity index is 3.18. The Morgan fingerprint density at radius 1 is 1.57 bits per heavy atom. The number of nitrogens with two attached hydrogens (primary N) is 1. The Morgan fingerprint density at radius 2 is 2.29 bits per heavy atom. The molecule has 1 atom stereocenters. The summed E-state index contributed by atoms with van der Waals surface area (Å²) in [5.74, 6) is 6.93. The molecule has 1 aliphatic rings. The molecule has 0 aromatic heterocycles. The minimum atomic E-state index is -0.163. The highest BCUT2D eigenvalue weighted by Gasteiger charge is 2.31. The lowest BCUT2D eigenvalue weighted by Gasteiger charge is -2.29. The van der Waals surface area contributed by atoms with Crippen LogP contribution in [-0.2, 0) is 4.84 Å². The minimum Gasteiger partial charge on any atom is -0.753 e. The van der Waals surface area contributed by atoms with Crippen LogP contribution in [0, 0.1) is 5.21 Å². The van der Waals surface area contributed by atoms with Gasteiger partial charge in [-0.3, -0.25) is 0 Å². The number of quaternary nitrogens is 1. The van der Waals surface area contributed by atoms with Gasteiger partial charge in [-0.1, -0.05) is 28.9 Å². The van der Waals surface area contributed by atoms with E-state index >= 15 is 0 Å². The molecule has 1 rings (SSSR count). The summed E-state index contributed by atoms with van der Waals surface area (Å²) in [7, 11) is 1.29. The van der Waals surface area contributed by atoms with E-state index in [1.807, 2.05) is 35.0 Å². The minimum absolute atomic E-state index is 0.163. The molecule has 0 fully saturated rings. The molecule has 0 saturated heterocycles. The average molecular weight is 402 g/mol. The summed E-state index contributed by atoms with van der Waals surface area (Å²) in [6.45, 7) is 7.45. The smallest absolute Gasteiger partial charge is 0.177 e. The largest absolute Gasteiger partial charge is 0.753 e. The monoisotopic (exact) mass is 402 g/mol. The number of halogens is 1. The first-order valence-corrected chi connectivity index (χ1v) is 7.23. The first-order valence-electron chi connectivity index (χ1n) is 6.16. The lowest BCUT2D eigenvalue weighted by atomic mass is 10.2. The van der Waals surface area contributed by atoms with E-state index in [0.29, 0.717) is 23.1 Å². The van der Waals surface area contributed by atoms with Crippen LogP contribution in [0.4, 0.5) is 0 Å². The summed E-state index contributed by atoms with van der Waals surface area (Å²) in [4.78, 5) is 5.02. The standard InChI is InChI=1S/C14H19IN4O2/c1-4-7-12(5-2)19(16,17-15)13-8-6-9-14(11-10-13)21-18(3)20/h4-8,10-11,17H,1-2,9,16H2,3H3/b12-7+. The van der Waals surface area contributed by atoms with Gasteiger partial charge in [0.25, 0.3) is 0 Å². The SMILES string of the molecule is C=C/C=C(\C=C)[N+](N)(NI)C1=CC=C(ON(C)[O-])CC=C1. The molecule has 7 heteroatoms. The third-order valence-corrected chi connectivity index (χ3v) is 3.50. The Hall–Kier alpha value is -1.23. The molecule has 6 nitrogen and oxygen atoms in total. The van der Waals surface area contributed by atoms with Crippen LogP contribution >= 0.6 is 22.9 Å². The molecule has 0 heterocycles. The van der Waals surface area contributed by atoms with Crippen LogP contribution in [0.25, 0.3) is 0 Å². The zero-order valence-electron chi connectivity index (χ0n) is 11.8. The fraction of sp³-hybridized carbons (Fsp3) is 0.143. The van der Waals surface area contributed by atoms with Gasteiger partial charge in [0.15, 0.2) is 11.4 Å². The second-order valence-electron chi connectivity index (χ2n) is 4.20. The molecule has 21 heavy (non-hydrogen) atoms. The summed E-state index contributed by atoms with van der Waals surface area (Å²) in [6, 6.07) is 0. The van der Waals surface area contributed by atoms with Gasteiger partial charge in [0.05, 0.1) is 22.9 Å². The predicted molar refractivity (Wildman–Crippen MR) is 92.2 cm³/mol. The van der Waals surface area contributed by atoms with E-state index in [1.165, 1.54) is 7.05 Å². The highest BCUT2D eigenvalue weighted by molar-refractivity contribution is 14.1. The molecular weight excluding hydrogens is 383 g/mol. The van der Waals surface area contributed by atoms with E-state index < -0.39 is 0 Å². The van der Waals surface area contributed by atoms with Crippen LogP contribution in [-0.4, -0.2) is 17.0 Å². The van der Waals surface area contributed by atoms with Crippen molar-refractivity contribution in [2.45, 2.75) is 6.42 Å². The zero-order chi connectivity index (χ0) is 15.9. The Kier molecular flexibility index (Phi) is 7.02. The zero-order valence-corrected chi connectivity index (χ0v) is 14.0. The quantitative estimate of drug-likeness (QED) is 0.171. The number of allylic oxidation sites excluding steroid dienone is 7. The molecule has 1 aliphatic carbocycles. The van der Waals surface area contributed by atoms with E-state index in [0.717, 1.165) is 5.70 Å². The van der Waals surface area contributed by atoms with Gasteiger partial charge in [0.1, 0.15) is 5.76 Å². The number of nitrogens with one attached hydrogen (secondary N) is 1. The highest BCUT2D eigenvalue weighted by Crippen LogP contribution is 2.24. The topological polar surface area (TPSA) is 73.6 Å². The first-order chi connectivity index (χ1) is 9.97. The van der Waals surface area contributed by atoms with Crippen LogP contribution < -0.4 is 9.48 Å². The predicted octanol–water partition coefficient (Wildman–Crippen LogP) is 2.88. The van der Waals surface area contributed by atoms with Gasteiger partial charge in [0.2, 0.25) is 0 Å². The van der Waals surface area contributed by atoms with Crippen molar-refractivity contribution in [3.63, 3.8) is 0 Å². The maximum absolute atomic E-state index is 10.9. The van der Waals surface area contributed by atoms with Gasteiger partial charge in [0, 0.05) is 25.6 Å². The molecule has 0 saturated carbocycles. The molecule has 0 aliphatic heterocycles. The van der Waals surface area contributed by atoms with Gasteiger partial charge >= 0.3 is 0 Å². The van der Waals surface area contributed by atoms with Crippen molar-refractivity contribution in [1.29, 1.82) is 0 Å². The summed E-state index contributed by atoms with van der Waals surface area (Å²) in [6.07, 6.45) is 12.8. The van der Waals surface area contributed by atoms with Crippen molar-refractivity contribution in [2.75, 3.05) is 7.05 Å². The number of nitrogens with zero attached hydrogens (tertiary/aromatic N) is 2. The van der Waals surface area contributed by atoms with Crippen LogP contribution in [0.3, 0.4) is 0 Å². The van der Waals surface area contributed by atoms with Crippen molar-refractivity contribution in [3.8, 4) is 0 Å². The maximum Gasteiger partial charge on any atom is 0.177 e. The second kappa shape index (κ2) is 8.27. The second-order valence-corrected chi connectivity index (χ2v) is 4.68. The normalized spacial score (nSPS) is 18.4. The molecule has 114 valence electrons. The first kappa shape index (κ1) is 17.8. The van der Waals surface area contributed by atoms with Gasteiger partial charge in [-0.25, -0.2) is 5.23 Å². The number of hydrogen-bond acceptors (Lipinski definition) is 5. The van der Waals surface area contributed by atoms with Crippen LogP contribution in [0.1, 0.15) is 6.42 Å². The van der Waals surface area contributed by atoms with Crippen molar-refractivity contribution < 1.29 is 9.54 Å². The van der Waals surface area contributed by atoms with E-state index in [2.05, 4.69) is 16.8 Å². The summed E-state index contributed by atoms with van der Waals surface area (Å²) in [5.41, 5.74) is 1.47. The van der Waals surface area contributed by atoms with E-state index in [9.17, 15) is 5.21 Å². The molecule has 0 bridgehead atoms. The molecule has 3 N–H and O–H groups in total. The van der Waals surface area contributed by atoms with Crippen molar-refractivity contribution in [2.24, 2.45) is 5.84 Å². The van der Waals surface area contributed by atoms with Crippen LogP contribution in [0.15, 0.2) is 72.8 Å². The maximum atomic E-state index is 10.9. The molecular formula is C14H19IN4O2. The molecule has 0 aromatic rings. The molecule has 1 unspecified atom stereocenters. The van der Waals surface area contributed by atoms with Crippen LogP contribution in [0.5, 0.6) is 0 Å². The molecule has 0 aromatic carbocycles. The summed E-state index contributed by atoms with van der Waals surface area (Å²) < 4.78 is 2.84. The Morgan fingerprint density at radius 3 is 2.81 bits per heavy atom. The van der Waals surface area contributed by atoms with Crippen molar-refractivity contribution >= 4 is 22.9 Å². The summed E-state index contributed by atoms with van der Waals surface area (Å²) >= 11 is 1.97. The lowest BCUT2D eigenvalue weighted by molar-refractivity contribution is -0.885. The summed E-state index contributed by atoms with van der Waals surface area (Å²) in [5, 5.41) is 11.3. The number of hydroxylamine groups is 2. The van der Waals surface area contributed by atoms with Gasteiger partial charge in [-0.05, 0) is 18.2 Å². The van der Waals surface area contributed by atoms with Gasteiger partial charge in [-0.15, -0.1) is 10.5 Å². The van der Waals surface area contributed by atoms with Crippen LogP contribution in [0.2, 0.25) is 0 Å². The Labute approximate surface area is 138 Å². The third-order valence-electron chi connectivity index (χ3n) is 2.74. The number of rotatable bonds is 7. The molecule has 0 radical (unpaired) electrons. The highest BCUT2D eigenvalue weighted by atomic mass is 127. The van der Waals surface area contributed by atoms with Gasteiger partial charge in [-0.2, -0.15) is 0 Å². The van der Waals surface area contributed by atoms with E-state index in [4.69, 9.17) is 10.7 Å². The van der Waals surface area contributed by atoms with Crippen molar-refractivity contribution in [3.05, 3.63) is 78.1 Å². The lowest BCUT2D eigenvalue weighted by Crippen LogP contribution is -2.57.